The van der Waals surface area contributed by atoms with Gasteiger partial charge in [-0.15, -0.1) is 0 Å². The van der Waals surface area contributed by atoms with E-state index in [1.165, 1.54) is 6.47 Å². The maximum absolute atomic E-state index is 9.42. The van der Waals surface area contributed by atoms with Crippen molar-refractivity contribution in [3.8, 4) is 0 Å². The van der Waals surface area contributed by atoms with E-state index in [0.717, 1.165) is 19.3 Å². The topological polar surface area (TPSA) is 159 Å². The molecule has 0 fully saturated rings. The third kappa shape index (κ3) is 58.2. The molecule has 0 amide bonds. The molecule has 0 aliphatic carbocycles. The molecule has 0 aromatic rings. The summed E-state index contributed by atoms with van der Waals surface area (Å²) in [6.07, 6.45) is 3.25. The predicted octanol–water partition coefficient (Wildman–Crippen LogP) is -3.54. The van der Waals surface area contributed by atoms with E-state index in [4.69, 9.17) is 28.7 Å². The minimum Gasteiger partial charge on any atom is -0.665 e. The number of aliphatic hydroxyl groups excluding tert-OH is 1. The second-order valence-corrected chi connectivity index (χ2v) is 3.18. The van der Waals surface area contributed by atoms with Crippen molar-refractivity contribution >= 4 is 46.7 Å². The second kappa shape index (κ2) is 22.7. The van der Waals surface area contributed by atoms with E-state index in [9.17, 15) is 4.79 Å². The van der Waals surface area contributed by atoms with Crippen LogP contribution in [0, 0.1) is 10.2 Å². The van der Waals surface area contributed by atoms with Crippen LogP contribution in [0.5, 0.6) is 0 Å². The van der Waals surface area contributed by atoms with Gasteiger partial charge in [-0.25, -0.2) is 4.29 Å². The summed E-state index contributed by atoms with van der Waals surface area (Å²) in [6.45, 7) is 4.95. The van der Waals surface area contributed by atoms with Crippen LogP contribution in [0.15, 0.2) is 0 Å². The maximum Gasteiger partial charge on any atom is 3.00 e. The zero-order valence-corrected chi connectivity index (χ0v) is 15.2. The Bertz CT molecular complexity index is 197. The number of carbonyl (C=O) groups excluding carboxylic acids is 2. The summed E-state index contributed by atoms with van der Waals surface area (Å²) in [5.41, 5.74) is 0. The molecule has 1 N–H and O–H groups in total. The molecule has 0 aliphatic heterocycles. The molecule has 0 radical (unpaired) electrons. The third-order valence-corrected chi connectivity index (χ3v) is 1.29. The molecule has 0 spiro atoms. The Morgan fingerprint density at radius 3 is 1.79 bits per heavy atom. The van der Waals surface area contributed by atoms with E-state index in [2.05, 4.69) is 15.9 Å². The van der Waals surface area contributed by atoms with Crippen LogP contribution in [-0.4, -0.2) is 58.4 Å². The number of ether oxygens (including phenoxy) is 1. The molecule has 0 heterocycles. The second-order valence-electron chi connectivity index (χ2n) is 2.27. The number of hydrogen-bond acceptors (Lipinski definition) is 8. The van der Waals surface area contributed by atoms with Crippen molar-refractivity contribution in [2.24, 2.45) is 0 Å². The summed E-state index contributed by atoms with van der Waals surface area (Å²) in [4.78, 5) is 26.5. The first-order valence-electron chi connectivity index (χ1n) is 4.36. The van der Waals surface area contributed by atoms with E-state index >= 15 is 0 Å². The molecule has 11 heteroatoms. The molecule has 0 unspecified atom stereocenters. The first kappa shape index (κ1) is 26.9. The van der Waals surface area contributed by atoms with Gasteiger partial charge in [0.2, 0.25) is 0 Å². The Balaban J connectivity index is -0.0000000946. The van der Waals surface area contributed by atoms with Crippen LogP contribution in [0.2, 0.25) is 0 Å². The van der Waals surface area contributed by atoms with E-state index < -0.39 is 10.2 Å². The molecule has 108 valence electrons. The van der Waals surface area contributed by atoms with Crippen LogP contribution < -0.4 is 14.0 Å². The van der Waals surface area contributed by atoms with Crippen molar-refractivity contribution < 1.29 is 52.7 Å². The van der Waals surface area contributed by atoms with Gasteiger partial charge in [-0.1, -0.05) is 32.7 Å². The van der Waals surface area contributed by atoms with Crippen LogP contribution in [0.3, 0.4) is 0 Å². The van der Waals surface area contributed by atoms with Crippen molar-refractivity contribution in [2.45, 2.75) is 26.2 Å². The van der Waals surface area contributed by atoms with Gasteiger partial charge in [0.15, 0.2) is 0 Å². The number of rotatable bonds is 7. The van der Waals surface area contributed by atoms with Crippen molar-refractivity contribution in [1.82, 2.24) is 0 Å². The first-order chi connectivity index (χ1) is 8.39. The number of hydrogen-bond donors (Lipinski definition) is 1. The van der Waals surface area contributed by atoms with Gasteiger partial charge >= 0.3 is 27.3 Å². The Morgan fingerprint density at radius 2 is 1.58 bits per heavy atom. The maximum atomic E-state index is 9.42. The van der Waals surface area contributed by atoms with E-state index in [1.54, 1.807) is 0 Å². The van der Waals surface area contributed by atoms with Crippen LogP contribution in [0.4, 0.5) is 0 Å². The SMILES string of the molecule is CCCCCO[C-]=O.O=[C-]O.O=[C-]O[Cl+3]([O-])([O-])[O-].[Tl+3]. The van der Waals surface area contributed by atoms with Gasteiger partial charge in [0.05, 0.1) is 10.2 Å². The molecule has 0 bridgehead atoms. The molecule has 0 saturated heterocycles. The molecule has 0 saturated carbocycles. The standard InChI is InChI=1S/C6H11O2.CClO5.CHO2.Tl/c1-2-3-4-5-8-6-7;3-1-7-2(4,5)6;2-1-3;/h2-5H2,1H3;;(H,2,3);/q3*-1;+3. The Kier molecular flexibility index (Phi) is 32.1. The van der Waals surface area contributed by atoms with Gasteiger partial charge in [0, 0.05) is 6.61 Å². The van der Waals surface area contributed by atoms with Crippen molar-refractivity contribution in [3.63, 3.8) is 0 Å². The van der Waals surface area contributed by atoms with Gasteiger partial charge in [0.1, 0.15) is 6.47 Å². The fourth-order valence-electron chi connectivity index (χ4n) is 0.504. The average Bonchev–Trinajstić information content (AvgIpc) is 2.25. The molecule has 19 heavy (non-hydrogen) atoms. The van der Waals surface area contributed by atoms with Gasteiger partial charge in [0.25, 0.3) is 0 Å². The van der Waals surface area contributed by atoms with Crippen LogP contribution >= 0.6 is 0 Å². The monoisotopic (exact) mass is 492 g/mol. The Hall–Kier alpha value is -0.498. The van der Waals surface area contributed by atoms with Crippen LogP contribution in [0.1, 0.15) is 26.2 Å². The summed E-state index contributed by atoms with van der Waals surface area (Å²) in [7, 11) is -4.61. The summed E-state index contributed by atoms with van der Waals surface area (Å²) >= 11 is 0. The van der Waals surface area contributed by atoms with E-state index in [-0.39, 0.29) is 27.3 Å². The van der Waals surface area contributed by atoms with E-state index in [0.29, 0.717) is 19.6 Å². The zero-order chi connectivity index (χ0) is 14.9. The summed E-state index contributed by atoms with van der Waals surface area (Å²) in [6, 6.07) is 0. The smallest absolute Gasteiger partial charge is 0.665 e. The van der Waals surface area contributed by atoms with Gasteiger partial charge < -0.3 is 24.2 Å². The number of halogens is 1. The number of unbranched alkanes of at least 4 members (excludes halogenated alkanes) is 2. The summed E-state index contributed by atoms with van der Waals surface area (Å²) in [5.74, 6) is 0. The molecular weight excluding hydrogens is 480 g/mol. The average molecular weight is 492 g/mol. The molecule has 9 nitrogen and oxygen atoms in total. The molecule has 0 aliphatic rings. The van der Waals surface area contributed by atoms with Crippen molar-refractivity contribution in [2.75, 3.05) is 6.61 Å². The largest absolute Gasteiger partial charge is 3.00 e. The minimum absolute atomic E-state index is 0. The Labute approximate surface area is 132 Å². The molecular formula is C8H12ClO9Tl. The van der Waals surface area contributed by atoms with Gasteiger partial charge in [-0.2, -0.15) is 14.0 Å². The third-order valence-electron chi connectivity index (χ3n) is 1.03. The summed E-state index contributed by atoms with van der Waals surface area (Å²) in [5, 5.41) is 6.76. The molecule has 0 rings (SSSR count). The molecule has 0 atom stereocenters. The fraction of sp³-hybridized carbons (Fsp3) is 0.625. The molecule has 0 aromatic carbocycles. The predicted molar refractivity (Wildman–Crippen MR) is 52.0 cm³/mol. The van der Waals surface area contributed by atoms with Crippen molar-refractivity contribution in [1.29, 1.82) is 0 Å². The zero-order valence-electron chi connectivity index (χ0n) is 10.00. The molecule has 0 aromatic heterocycles. The van der Waals surface area contributed by atoms with Crippen molar-refractivity contribution in [3.05, 3.63) is 0 Å². The van der Waals surface area contributed by atoms with Crippen LogP contribution in [-0.2, 0) is 23.4 Å². The van der Waals surface area contributed by atoms with Gasteiger partial charge in [-0.3, -0.25) is 0 Å². The summed E-state index contributed by atoms with van der Waals surface area (Å²) < 4.78 is 34.6. The minimum atomic E-state index is -4.61. The fourth-order valence-corrected chi connectivity index (χ4v) is 0.582. The van der Waals surface area contributed by atoms with E-state index in [1.807, 2.05) is 0 Å². The van der Waals surface area contributed by atoms with Crippen LogP contribution in [0.25, 0.3) is 0 Å². The first-order valence-corrected chi connectivity index (χ1v) is 5.59. The Morgan fingerprint density at radius 1 is 1.11 bits per heavy atom. The quantitative estimate of drug-likeness (QED) is 0.216. The normalized spacial score (nSPS) is 8.21. The van der Waals surface area contributed by atoms with Gasteiger partial charge in [-0.05, 0) is 6.42 Å².